The van der Waals surface area contributed by atoms with E-state index < -0.39 is 5.82 Å². The summed E-state index contributed by atoms with van der Waals surface area (Å²) >= 11 is 9.26. The SMILES string of the molecule is O=Cc1cc(F)ccc1Oc1ccc(Br)cc1Cl. The molecule has 0 aliphatic rings. The summed E-state index contributed by atoms with van der Waals surface area (Å²) in [5.74, 6) is 0.163. The molecule has 2 aromatic rings. The Morgan fingerprint density at radius 2 is 1.89 bits per heavy atom. The topological polar surface area (TPSA) is 26.3 Å². The Kier molecular flexibility index (Phi) is 3.99. The summed E-state index contributed by atoms with van der Waals surface area (Å²) in [6.07, 6.45) is 0.533. The van der Waals surface area contributed by atoms with Crippen LogP contribution in [-0.2, 0) is 0 Å². The molecule has 0 saturated heterocycles. The number of benzene rings is 2. The van der Waals surface area contributed by atoms with Crippen LogP contribution in [0.2, 0.25) is 5.02 Å². The Morgan fingerprint density at radius 1 is 1.17 bits per heavy atom. The molecule has 18 heavy (non-hydrogen) atoms. The number of hydrogen-bond donors (Lipinski definition) is 0. The maximum atomic E-state index is 13.0. The van der Waals surface area contributed by atoms with Crippen LogP contribution in [0, 0.1) is 5.82 Å². The van der Waals surface area contributed by atoms with Crippen LogP contribution in [0.1, 0.15) is 10.4 Å². The van der Waals surface area contributed by atoms with Crippen molar-refractivity contribution in [1.29, 1.82) is 0 Å². The van der Waals surface area contributed by atoms with Crippen molar-refractivity contribution in [3.05, 3.63) is 57.3 Å². The third kappa shape index (κ3) is 2.89. The zero-order valence-corrected chi connectivity index (χ0v) is 11.3. The first-order valence-corrected chi connectivity index (χ1v) is 6.15. The minimum absolute atomic E-state index is 0.133. The number of rotatable bonds is 3. The fraction of sp³-hybridized carbons (Fsp3) is 0. The monoisotopic (exact) mass is 328 g/mol. The van der Waals surface area contributed by atoms with Crippen molar-refractivity contribution >= 4 is 33.8 Å². The van der Waals surface area contributed by atoms with E-state index in [1.165, 1.54) is 12.1 Å². The van der Waals surface area contributed by atoms with Gasteiger partial charge in [-0.05, 0) is 36.4 Å². The van der Waals surface area contributed by atoms with Gasteiger partial charge >= 0.3 is 0 Å². The molecule has 0 aliphatic heterocycles. The van der Waals surface area contributed by atoms with Crippen LogP contribution >= 0.6 is 27.5 Å². The Bertz CT molecular complexity index is 602. The van der Waals surface area contributed by atoms with Crippen molar-refractivity contribution in [2.75, 3.05) is 0 Å². The van der Waals surface area contributed by atoms with Crippen LogP contribution in [-0.4, -0.2) is 6.29 Å². The fourth-order valence-corrected chi connectivity index (χ4v) is 2.09. The molecule has 0 amide bonds. The van der Waals surface area contributed by atoms with Crippen LogP contribution in [0.5, 0.6) is 11.5 Å². The highest BCUT2D eigenvalue weighted by Gasteiger charge is 2.08. The first-order valence-electron chi connectivity index (χ1n) is 4.98. The summed E-state index contributed by atoms with van der Waals surface area (Å²) in [5, 5.41) is 0.394. The van der Waals surface area contributed by atoms with Gasteiger partial charge in [-0.15, -0.1) is 0 Å². The predicted molar refractivity (Wildman–Crippen MR) is 71.0 cm³/mol. The zero-order chi connectivity index (χ0) is 13.1. The summed E-state index contributed by atoms with van der Waals surface area (Å²) in [5.41, 5.74) is 0.133. The second-order valence-electron chi connectivity index (χ2n) is 3.48. The predicted octanol–water partition coefficient (Wildman–Crippen LogP) is 4.85. The van der Waals surface area contributed by atoms with E-state index in [1.807, 2.05) is 0 Å². The van der Waals surface area contributed by atoms with Gasteiger partial charge in [0.2, 0.25) is 0 Å². The quantitative estimate of drug-likeness (QED) is 0.753. The molecule has 92 valence electrons. The molecule has 0 N–H and O–H groups in total. The van der Waals surface area contributed by atoms with Crippen LogP contribution in [0.15, 0.2) is 40.9 Å². The Morgan fingerprint density at radius 3 is 2.56 bits per heavy atom. The maximum Gasteiger partial charge on any atom is 0.153 e. The molecular formula is C13H7BrClFO2. The van der Waals surface area contributed by atoms with Gasteiger partial charge in [0.1, 0.15) is 17.3 Å². The van der Waals surface area contributed by atoms with Gasteiger partial charge in [-0.1, -0.05) is 27.5 Å². The molecular weight excluding hydrogens is 322 g/mol. The van der Waals surface area contributed by atoms with Crippen LogP contribution < -0.4 is 4.74 Å². The minimum Gasteiger partial charge on any atom is -0.455 e. The van der Waals surface area contributed by atoms with E-state index >= 15 is 0 Å². The Hall–Kier alpha value is -1.39. The fourth-order valence-electron chi connectivity index (χ4n) is 1.38. The summed E-state index contributed by atoms with van der Waals surface area (Å²) < 4.78 is 19.3. The molecule has 0 atom stereocenters. The number of hydrogen-bond acceptors (Lipinski definition) is 2. The van der Waals surface area contributed by atoms with Crippen LogP contribution in [0.25, 0.3) is 0 Å². The number of aldehydes is 1. The lowest BCUT2D eigenvalue weighted by Gasteiger charge is -2.09. The van der Waals surface area contributed by atoms with E-state index in [4.69, 9.17) is 16.3 Å². The first-order chi connectivity index (χ1) is 8.60. The summed E-state index contributed by atoms with van der Waals surface area (Å²) in [6.45, 7) is 0. The number of ether oxygens (including phenoxy) is 1. The molecule has 0 heterocycles. The number of halogens is 3. The van der Waals surface area contributed by atoms with Gasteiger partial charge in [-0.3, -0.25) is 4.79 Å². The molecule has 2 aromatic carbocycles. The molecule has 0 bridgehead atoms. The van der Waals surface area contributed by atoms with Crippen molar-refractivity contribution in [3.8, 4) is 11.5 Å². The Balaban J connectivity index is 2.36. The second kappa shape index (κ2) is 5.50. The van der Waals surface area contributed by atoms with Crippen LogP contribution in [0.3, 0.4) is 0 Å². The van der Waals surface area contributed by atoms with E-state index in [2.05, 4.69) is 15.9 Å². The van der Waals surface area contributed by atoms with Gasteiger partial charge < -0.3 is 4.74 Å². The van der Waals surface area contributed by atoms with Crippen molar-refractivity contribution in [1.82, 2.24) is 0 Å². The van der Waals surface area contributed by atoms with Gasteiger partial charge in [-0.2, -0.15) is 0 Å². The van der Waals surface area contributed by atoms with E-state index in [1.54, 1.807) is 18.2 Å². The average molecular weight is 330 g/mol. The minimum atomic E-state index is -0.494. The Labute approximate surface area is 116 Å². The van der Waals surface area contributed by atoms with E-state index in [0.717, 1.165) is 10.5 Å². The third-order valence-electron chi connectivity index (χ3n) is 2.21. The average Bonchev–Trinajstić information content (AvgIpc) is 2.34. The molecule has 2 rings (SSSR count). The zero-order valence-electron chi connectivity index (χ0n) is 8.99. The van der Waals surface area contributed by atoms with Gasteiger partial charge in [0.15, 0.2) is 6.29 Å². The molecule has 0 saturated carbocycles. The van der Waals surface area contributed by atoms with E-state index in [0.29, 0.717) is 17.1 Å². The molecule has 2 nitrogen and oxygen atoms in total. The van der Waals surface area contributed by atoms with E-state index in [-0.39, 0.29) is 11.3 Å². The first kappa shape index (κ1) is 13.1. The summed E-state index contributed by atoms with van der Waals surface area (Å²) in [7, 11) is 0. The van der Waals surface area contributed by atoms with Gasteiger partial charge in [0, 0.05) is 4.47 Å². The third-order valence-corrected chi connectivity index (χ3v) is 3.00. The molecule has 0 spiro atoms. The van der Waals surface area contributed by atoms with Crippen molar-refractivity contribution in [3.63, 3.8) is 0 Å². The lowest BCUT2D eigenvalue weighted by Crippen LogP contribution is -1.92. The molecule has 0 aromatic heterocycles. The molecule has 5 heteroatoms. The number of carbonyl (C=O) groups is 1. The van der Waals surface area contributed by atoms with Crippen molar-refractivity contribution in [2.24, 2.45) is 0 Å². The van der Waals surface area contributed by atoms with Gasteiger partial charge in [0.25, 0.3) is 0 Å². The number of carbonyl (C=O) groups excluding carboxylic acids is 1. The molecule has 0 unspecified atom stereocenters. The lowest BCUT2D eigenvalue weighted by atomic mass is 10.2. The highest BCUT2D eigenvalue weighted by molar-refractivity contribution is 9.10. The highest BCUT2D eigenvalue weighted by atomic mass is 79.9. The van der Waals surface area contributed by atoms with Gasteiger partial charge in [-0.25, -0.2) is 4.39 Å². The standard InChI is InChI=1S/C13H7BrClFO2/c14-9-1-3-13(11(15)6-9)18-12-4-2-10(16)5-8(12)7-17/h1-7H. The van der Waals surface area contributed by atoms with Crippen molar-refractivity contribution < 1.29 is 13.9 Å². The smallest absolute Gasteiger partial charge is 0.153 e. The normalized spacial score (nSPS) is 10.2. The molecule has 0 radical (unpaired) electrons. The second-order valence-corrected chi connectivity index (χ2v) is 4.80. The summed E-state index contributed by atoms with van der Waals surface area (Å²) in [6, 6.07) is 8.79. The van der Waals surface area contributed by atoms with Crippen LogP contribution in [0.4, 0.5) is 4.39 Å². The van der Waals surface area contributed by atoms with Gasteiger partial charge in [0.05, 0.1) is 10.6 Å². The van der Waals surface area contributed by atoms with Crippen molar-refractivity contribution in [2.45, 2.75) is 0 Å². The maximum absolute atomic E-state index is 13.0. The molecule has 0 aliphatic carbocycles. The largest absolute Gasteiger partial charge is 0.455 e. The van der Waals surface area contributed by atoms with E-state index in [9.17, 15) is 9.18 Å². The lowest BCUT2D eigenvalue weighted by molar-refractivity contribution is 0.112. The molecule has 0 fully saturated rings. The highest BCUT2D eigenvalue weighted by Crippen LogP contribution is 2.32. The summed E-state index contributed by atoms with van der Waals surface area (Å²) in [4.78, 5) is 10.8.